The van der Waals surface area contributed by atoms with Gasteiger partial charge in [-0.2, -0.15) is 0 Å². The number of carbonyl (C=O) groups is 1. The van der Waals surface area contributed by atoms with Gasteiger partial charge in [0.05, 0.1) is 7.11 Å². The zero-order chi connectivity index (χ0) is 17.6. The largest absolute Gasteiger partial charge is 0.497 e. The Hall–Kier alpha value is -2.01. The first-order chi connectivity index (χ1) is 12.1. The van der Waals surface area contributed by atoms with Crippen LogP contribution in [0.3, 0.4) is 0 Å². The molecule has 1 amide bonds. The van der Waals surface area contributed by atoms with Gasteiger partial charge in [0.25, 0.3) is 5.91 Å². The maximum Gasteiger partial charge on any atom is 0.289 e. The van der Waals surface area contributed by atoms with Crippen LogP contribution in [0, 0.1) is 6.92 Å². The summed E-state index contributed by atoms with van der Waals surface area (Å²) in [6.07, 6.45) is 3.88. The molecule has 2 aliphatic heterocycles. The van der Waals surface area contributed by atoms with Gasteiger partial charge >= 0.3 is 0 Å². The molecule has 3 heterocycles. The standard InChI is InChI=1S/C20H26N2O3/c1-13-6-4-5-9-22(13)15-11-21(12-15)20(23)19-14(2)17-8-7-16(24-3)10-18(17)25-19/h7-8,10,13,15H,4-6,9,11-12H2,1-3H3/t13-/m1/s1. The van der Waals surface area contributed by atoms with E-state index in [0.29, 0.717) is 23.4 Å². The summed E-state index contributed by atoms with van der Waals surface area (Å²) in [5, 5.41) is 0.978. The smallest absolute Gasteiger partial charge is 0.289 e. The Labute approximate surface area is 148 Å². The fourth-order valence-corrected chi connectivity index (χ4v) is 4.17. The molecule has 0 radical (unpaired) electrons. The highest BCUT2D eigenvalue weighted by Gasteiger charge is 2.39. The van der Waals surface area contributed by atoms with Gasteiger partial charge in [0.1, 0.15) is 11.3 Å². The summed E-state index contributed by atoms with van der Waals surface area (Å²) >= 11 is 0. The van der Waals surface area contributed by atoms with Crippen molar-refractivity contribution in [2.24, 2.45) is 0 Å². The number of benzene rings is 1. The minimum Gasteiger partial charge on any atom is -0.497 e. The van der Waals surface area contributed by atoms with Crippen LogP contribution < -0.4 is 4.74 Å². The summed E-state index contributed by atoms with van der Waals surface area (Å²) in [5.41, 5.74) is 1.62. The second kappa shape index (κ2) is 6.37. The van der Waals surface area contributed by atoms with E-state index >= 15 is 0 Å². The third kappa shape index (κ3) is 2.80. The van der Waals surface area contributed by atoms with E-state index in [4.69, 9.17) is 9.15 Å². The van der Waals surface area contributed by atoms with Crippen molar-refractivity contribution in [1.82, 2.24) is 9.80 Å². The van der Waals surface area contributed by atoms with E-state index < -0.39 is 0 Å². The summed E-state index contributed by atoms with van der Waals surface area (Å²) < 4.78 is 11.1. The van der Waals surface area contributed by atoms with Gasteiger partial charge in [-0.25, -0.2) is 0 Å². The van der Waals surface area contributed by atoms with Crippen molar-refractivity contribution in [3.05, 3.63) is 29.5 Å². The molecule has 0 bridgehead atoms. The summed E-state index contributed by atoms with van der Waals surface area (Å²) in [6.45, 7) is 7.04. The maximum atomic E-state index is 12.9. The number of furan rings is 1. The number of carbonyl (C=O) groups excluding carboxylic acids is 1. The number of aryl methyl sites for hydroxylation is 1. The van der Waals surface area contributed by atoms with E-state index in [1.807, 2.05) is 30.0 Å². The summed E-state index contributed by atoms with van der Waals surface area (Å²) in [5.74, 6) is 1.21. The highest BCUT2D eigenvalue weighted by atomic mass is 16.5. The number of fused-ring (bicyclic) bond motifs is 1. The van der Waals surface area contributed by atoms with Crippen LogP contribution in [-0.4, -0.2) is 54.5 Å². The third-order valence-electron chi connectivity index (χ3n) is 5.81. The molecule has 1 aromatic carbocycles. The second-order valence-corrected chi connectivity index (χ2v) is 7.36. The first kappa shape index (κ1) is 16.5. The molecule has 25 heavy (non-hydrogen) atoms. The predicted molar refractivity (Wildman–Crippen MR) is 97.2 cm³/mol. The minimum atomic E-state index is 0.00794. The molecular formula is C20H26N2O3. The van der Waals surface area contributed by atoms with Crippen molar-refractivity contribution in [1.29, 1.82) is 0 Å². The molecule has 0 unspecified atom stereocenters. The van der Waals surface area contributed by atoms with Gasteiger partial charge in [0.15, 0.2) is 5.76 Å². The monoisotopic (exact) mass is 342 g/mol. The van der Waals surface area contributed by atoms with Crippen molar-refractivity contribution in [3.8, 4) is 5.75 Å². The highest BCUT2D eigenvalue weighted by molar-refractivity contribution is 5.99. The molecule has 4 rings (SSSR count). The number of hydrogen-bond donors (Lipinski definition) is 0. The Bertz CT molecular complexity index is 792. The van der Waals surface area contributed by atoms with Crippen molar-refractivity contribution in [2.45, 2.75) is 45.2 Å². The van der Waals surface area contributed by atoms with Crippen molar-refractivity contribution >= 4 is 16.9 Å². The SMILES string of the molecule is COc1ccc2c(C)c(C(=O)N3CC(N4CCCC[C@H]4C)C3)oc2c1. The summed E-state index contributed by atoms with van der Waals surface area (Å²) in [6, 6.07) is 6.84. The molecule has 134 valence electrons. The molecule has 0 aliphatic carbocycles. The Morgan fingerprint density at radius 1 is 1.28 bits per heavy atom. The number of likely N-dealkylation sites (tertiary alicyclic amines) is 2. The highest BCUT2D eigenvalue weighted by Crippen LogP contribution is 2.31. The fraction of sp³-hybridized carbons (Fsp3) is 0.550. The molecule has 0 saturated carbocycles. The topological polar surface area (TPSA) is 45.9 Å². The molecule has 1 aromatic heterocycles. The Balaban J connectivity index is 1.49. The van der Waals surface area contributed by atoms with E-state index in [2.05, 4.69) is 11.8 Å². The molecule has 0 spiro atoms. The first-order valence-corrected chi connectivity index (χ1v) is 9.20. The second-order valence-electron chi connectivity index (χ2n) is 7.36. The normalized spacial score (nSPS) is 22.2. The number of hydrogen-bond acceptors (Lipinski definition) is 4. The quantitative estimate of drug-likeness (QED) is 0.857. The summed E-state index contributed by atoms with van der Waals surface area (Å²) in [4.78, 5) is 17.3. The van der Waals surface area contributed by atoms with Crippen LogP contribution in [0.5, 0.6) is 5.75 Å². The molecular weight excluding hydrogens is 316 g/mol. The summed E-state index contributed by atoms with van der Waals surface area (Å²) in [7, 11) is 1.63. The van der Waals surface area contributed by atoms with E-state index in [1.165, 1.54) is 19.3 Å². The molecule has 1 atom stereocenters. The lowest BCUT2D eigenvalue weighted by atomic mass is 9.97. The molecule has 0 N–H and O–H groups in total. The predicted octanol–water partition coefficient (Wildman–Crippen LogP) is 3.45. The molecule has 2 saturated heterocycles. The van der Waals surface area contributed by atoms with Crippen LogP contribution in [0.25, 0.3) is 11.0 Å². The van der Waals surface area contributed by atoms with Gasteiger partial charge < -0.3 is 14.1 Å². The number of nitrogens with zero attached hydrogens (tertiary/aromatic N) is 2. The van der Waals surface area contributed by atoms with Crippen LogP contribution in [0.2, 0.25) is 0 Å². The number of rotatable bonds is 3. The van der Waals surface area contributed by atoms with E-state index in [-0.39, 0.29) is 5.91 Å². The van der Waals surface area contributed by atoms with Gasteiger partial charge in [-0.3, -0.25) is 9.69 Å². The number of piperidine rings is 1. The van der Waals surface area contributed by atoms with Crippen LogP contribution in [0.4, 0.5) is 0 Å². The van der Waals surface area contributed by atoms with E-state index in [1.54, 1.807) is 7.11 Å². The minimum absolute atomic E-state index is 0.00794. The van der Waals surface area contributed by atoms with E-state index in [0.717, 1.165) is 36.3 Å². The van der Waals surface area contributed by atoms with Gasteiger partial charge in [0, 0.05) is 42.2 Å². The molecule has 2 fully saturated rings. The Morgan fingerprint density at radius 2 is 2.08 bits per heavy atom. The average molecular weight is 342 g/mol. The molecule has 2 aromatic rings. The van der Waals surface area contributed by atoms with Gasteiger partial charge in [0.2, 0.25) is 0 Å². The van der Waals surface area contributed by atoms with Crippen molar-refractivity contribution in [2.75, 3.05) is 26.7 Å². The molecule has 5 nitrogen and oxygen atoms in total. The van der Waals surface area contributed by atoms with E-state index in [9.17, 15) is 4.79 Å². The zero-order valence-corrected chi connectivity index (χ0v) is 15.2. The maximum absolute atomic E-state index is 12.9. The van der Waals surface area contributed by atoms with Gasteiger partial charge in [-0.05, 0) is 45.4 Å². The van der Waals surface area contributed by atoms with Crippen LogP contribution in [0.1, 0.15) is 42.3 Å². The third-order valence-corrected chi connectivity index (χ3v) is 5.81. The van der Waals surface area contributed by atoms with Crippen LogP contribution >= 0.6 is 0 Å². The molecule has 2 aliphatic rings. The molecule has 5 heteroatoms. The Morgan fingerprint density at radius 3 is 2.80 bits per heavy atom. The van der Waals surface area contributed by atoms with Crippen LogP contribution in [0.15, 0.2) is 22.6 Å². The lowest BCUT2D eigenvalue weighted by Crippen LogP contribution is -2.63. The van der Waals surface area contributed by atoms with Gasteiger partial charge in [-0.1, -0.05) is 6.42 Å². The van der Waals surface area contributed by atoms with Crippen molar-refractivity contribution < 1.29 is 13.9 Å². The number of amides is 1. The van der Waals surface area contributed by atoms with Crippen LogP contribution in [-0.2, 0) is 0 Å². The zero-order valence-electron chi connectivity index (χ0n) is 15.2. The fourth-order valence-electron chi connectivity index (χ4n) is 4.17. The van der Waals surface area contributed by atoms with Gasteiger partial charge in [-0.15, -0.1) is 0 Å². The lowest BCUT2D eigenvalue weighted by Gasteiger charge is -2.49. The van der Waals surface area contributed by atoms with Crippen molar-refractivity contribution in [3.63, 3.8) is 0 Å². The number of methoxy groups -OCH3 is 1. The Kier molecular flexibility index (Phi) is 4.20. The first-order valence-electron chi connectivity index (χ1n) is 9.20. The average Bonchev–Trinajstić information content (AvgIpc) is 2.91. The lowest BCUT2D eigenvalue weighted by molar-refractivity contribution is 0.000585. The number of ether oxygens (including phenoxy) is 1.